The number of rotatable bonds is 5. The zero-order valence-corrected chi connectivity index (χ0v) is 17.4. The summed E-state index contributed by atoms with van der Waals surface area (Å²) in [6, 6.07) is 10.7. The van der Waals surface area contributed by atoms with Gasteiger partial charge in [-0.2, -0.15) is 0 Å². The van der Waals surface area contributed by atoms with E-state index in [1.165, 1.54) is 5.56 Å². The fraction of sp³-hybridized carbons (Fsp3) is 0.278. The number of carbonyl (C=O) groups excluding carboxylic acids is 1. The number of fused-ring (bicyclic) bond motifs is 1. The number of sulfone groups is 1. The Hall–Kier alpha value is -1.18. The van der Waals surface area contributed by atoms with Gasteiger partial charge < -0.3 is 5.32 Å². The maximum Gasteiger partial charge on any atom is 0.225 e. The predicted octanol–water partition coefficient (Wildman–Crippen LogP) is 4.50. The molecule has 0 saturated carbocycles. The highest BCUT2D eigenvalue weighted by Crippen LogP contribution is 2.27. The van der Waals surface area contributed by atoms with Gasteiger partial charge in [-0.05, 0) is 76.7 Å². The molecule has 2 aromatic carbocycles. The van der Waals surface area contributed by atoms with Crippen molar-refractivity contribution < 1.29 is 13.2 Å². The van der Waals surface area contributed by atoms with E-state index in [9.17, 15) is 13.2 Å². The molecule has 1 amide bonds. The van der Waals surface area contributed by atoms with E-state index < -0.39 is 9.84 Å². The summed E-state index contributed by atoms with van der Waals surface area (Å²) in [5.41, 5.74) is 2.95. The van der Waals surface area contributed by atoms with E-state index in [4.69, 9.17) is 0 Å². The largest absolute Gasteiger partial charge is 0.325 e. The van der Waals surface area contributed by atoms with Crippen molar-refractivity contribution in [2.45, 2.75) is 30.6 Å². The van der Waals surface area contributed by atoms with Gasteiger partial charge in [0.25, 0.3) is 0 Å². The molecule has 0 radical (unpaired) electrons. The minimum absolute atomic E-state index is 0.0849. The normalized spacial score (nSPS) is 13.5. The first kappa shape index (κ1) is 18.6. The molecular formula is C18H17Br2NO3S. The number of anilines is 1. The van der Waals surface area contributed by atoms with Gasteiger partial charge >= 0.3 is 0 Å². The number of carbonyl (C=O) groups is 1. The summed E-state index contributed by atoms with van der Waals surface area (Å²) in [7, 11) is -3.47. The van der Waals surface area contributed by atoms with Gasteiger partial charge in [0.05, 0.1) is 16.3 Å². The van der Waals surface area contributed by atoms with E-state index in [0.717, 1.165) is 33.8 Å². The zero-order valence-electron chi connectivity index (χ0n) is 13.4. The fourth-order valence-electron chi connectivity index (χ4n) is 2.89. The highest BCUT2D eigenvalue weighted by atomic mass is 79.9. The van der Waals surface area contributed by atoms with Crippen molar-refractivity contribution in [2.24, 2.45) is 0 Å². The molecule has 3 rings (SSSR count). The van der Waals surface area contributed by atoms with Crippen LogP contribution in [0.25, 0.3) is 0 Å². The molecule has 0 saturated heterocycles. The van der Waals surface area contributed by atoms with Gasteiger partial charge in [0.2, 0.25) is 5.91 Å². The Labute approximate surface area is 164 Å². The van der Waals surface area contributed by atoms with Gasteiger partial charge in [-0.3, -0.25) is 4.79 Å². The molecule has 4 nitrogen and oxygen atoms in total. The van der Waals surface area contributed by atoms with Crippen molar-refractivity contribution in [3.63, 3.8) is 0 Å². The van der Waals surface area contributed by atoms with Gasteiger partial charge in [-0.15, -0.1) is 0 Å². The Morgan fingerprint density at radius 1 is 1.04 bits per heavy atom. The Morgan fingerprint density at radius 3 is 2.60 bits per heavy atom. The molecule has 0 bridgehead atoms. The third-order valence-electron chi connectivity index (χ3n) is 4.23. The molecular weight excluding hydrogens is 470 g/mol. The van der Waals surface area contributed by atoms with Gasteiger partial charge in [-0.1, -0.05) is 22.0 Å². The first-order chi connectivity index (χ1) is 11.8. The molecule has 1 aliphatic carbocycles. The van der Waals surface area contributed by atoms with Gasteiger partial charge in [0.1, 0.15) is 0 Å². The molecule has 0 atom stereocenters. The minimum atomic E-state index is -3.47. The van der Waals surface area contributed by atoms with E-state index >= 15 is 0 Å². The average molecular weight is 487 g/mol. The number of amides is 1. The summed E-state index contributed by atoms with van der Waals surface area (Å²) in [5, 5.41) is 2.74. The van der Waals surface area contributed by atoms with E-state index in [0.29, 0.717) is 10.6 Å². The molecule has 7 heteroatoms. The number of aryl methyl sites for hydroxylation is 2. The van der Waals surface area contributed by atoms with Gasteiger partial charge in [-0.25, -0.2) is 8.42 Å². The lowest BCUT2D eigenvalue weighted by Crippen LogP contribution is -2.17. The van der Waals surface area contributed by atoms with Crippen LogP contribution >= 0.6 is 31.9 Å². The molecule has 0 aromatic heterocycles. The summed E-state index contributed by atoms with van der Waals surface area (Å²) in [5.74, 6) is -0.535. The molecule has 0 aliphatic heterocycles. The highest BCUT2D eigenvalue weighted by molar-refractivity contribution is 9.11. The summed E-state index contributed by atoms with van der Waals surface area (Å²) < 4.78 is 26.6. The molecule has 25 heavy (non-hydrogen) atoms. The lowest BCUT2D eigenvalue weighted by Gasteiger charge is -2.09. The number of hydrogen-bond donors (Lipinski definition) is 1. The average Bonchev–Trinajstić information content (AvgIpc) is 3.04. The maximum atomic E-state index is 12.5. The molecule has 0 spiro atoms. The second-order valence-electron chi connectivity index (χ2n) is 6.03. The standard InChI is InChI=1S/C18H17Br2NO3S/c19-14-5-7-16(20)17(11-14)21-18(22)8-9-25(23,24)15-6-4-12-2-1-3-13(12)10-15/h4-7,10-11H,1-3,8-9H2,(H,21,22). The third kappa shape index (κ3) is 4.51. The SMILES string of the molecule is O=C(CCS(=O)(=O)c1ccc2c(c1)CCC2)Nc1cc(Br)ccc1Br. The van der Waals surface area contributed by atoms with Crippen LogP contribution in [0.2, 0.25) is 0 Å². The number of nitrogens with one attached hydrogen (secondary N) is 1. The van der Waals surface area contributed by atoms with Crippen molar-refractivity contribution in [3.8, 4) is 0 Å². The van der Waals surface area contributed by atoms with Crippen LogP contribution in [0.1, 0.15) is 24.0 Å². The Balaban J connectivity index is 1.65. The first-order valence-electron chi connectivity index (χ1n) is 7.94. The summed E-state index contributed by atoms with van der Waals surface area (Å²) >= 11 is 6.70. The van der Waals surface area contributed by atoms with Crippen molar-refractivity contribution in [3.05, 3.63) is 56.5 Å². The number of hydrogen-bond acceptors (Lipinski definition) is 3. The molecule has 0 fully saturated rings. The Bertz CT molecular complexity index is 926. The van der Waals surface area contributed by atoms with Crippen molar-refractivity contribution in [1.29, 1.82) is 0 Å². The molecule has 132 valence electrons. The number of halogens is 2. The molecule has 0 heterocycles. The van der Waals surface area contributed by atoms with Crippen LogP contribution in [0.5, 0.6) is 0 Å². The van der Waals surface area contributed by atoms with Gasteiger partial charge in [0, 0.05) is 15.4 Å². The number of benzene rings is 2. The molecule has 1 aliphatic rings. The van der Waals surface area contributed by atoms with Crippen LogP contribution in [0, 0.1) is 0 Å². The van der Waals surface area contributed by atoms with E-state index in [2.05, 4.69) is 37.2 Å². The van der Waals surface area contributed by atoms with Crippen LogP contribution in [0.4, 0.5) is 5.69 Å². The van der Waals surface area contributed by atoms with Crippen molar-refractivity contribution in [1.82, 2.24) is 0 Å². The van der Waals surface area contributed by atoms with Crippen molar-refractivity contribution >= 4 is 53.3 Å². The Kier molecular flexibility index (Phi) is 5.65. The summed E-state index contributed by atoms with van der Waals surface area (Å²) in [4.78, 5) is 12.4. The predicted molar refractivity (Wildman–Crippen MR) is 106 cm³/mol. The van der Waals surface area contributed by atoms with E-state index in [1.807, 2.05) is 12.1 Å². The van der Waals surface area contributed by atoms with Crippen molar-refractivity contribution in [2.75, 3.05) is 11.1 Å². The Morgan fingerprint density at radius 2 is 1.80 bits per heavy atom. The molecule has 1 N–H and O–H groups in total. The van der Waals surface area contributed by atoms with Crippen LogP contribution in [0.15, 0.2) is 50.2 Å². The monoisotopic (exact) mass is 485 g/mol. The lowest BCUT2D eigenvalue weighted by molar-refractivity contribution is -0.115. The molecule has 0 unspecified atom stereocenters. The first-order valence-corrected chi connectivity index (χ1v) is 11.2. The lowest BCUT2D eigenvalue weighted by atomic mass is 10.1. The maximum absolute atomic E-state index is 12.5. The van der Waals surface area contributed by atoms with Crippen LogP contribution in [0.3, 0.4) is 0 Å². The van der Waals surface area contributed by atoms with Gasteiger partial charge in [0.15, 0.2) is 9.84 Å². The van der Waals surface area contributed by atoms with E-state index in [-0.39, 0.29) is 18.1 Å². The van der Waals surface area contributed by atoms with Crippen LogP contribution < -0.4 is 5.32 Å². The molecule has 2 aromatic rings. The quantitative estimate of drug-likeness (QED) is 0.676. The summed E-state index contributed by atoms with van der Waals surface area (Å²) in [6.45, 7) is 0. The summed E-state index contributed by atoms with van der Waals surface area (Å²) in [6.07, 6.45) is 2.93. The van der Waals surface area contributed by atoms with Crippen LogP contribution in [-0.4, -0.2) is 20.1 Å². The third-order valence-corrected chi connectivity index (χ3v) is 7.13. The minimum Gasteiger partial charge on any atom is -0.325 e. The fourth-order valence-corrected chi connectivity index (χ4v) is 4.89. The second-order valence-corrected chi connectivity index (χ2v) is 9.90. The van der Waals surface area contributed by atoms with Crippen LogP contribution in [-0.2, 0) is 27.5 Å². The zero-order chi connectivity index (χ0) is 18.0. The topological polar surface area (TPSA) is 63.2 Å². The second kappa shape index (κ2) is 7.60. The van der Waals surface area contributed by atoms with E-state index in [1.54, 1.807) is 24.3 Å². The smallest absolute Gasteiger partial charge is 0.225 e. The highest BCUT2D eigenvalue weighted by Gasteiger charge is 2.20.